The minimum absolute atomic E-state index is 0.0891. The molecular formula is C41H34N2. The van der Waals surface area contributed by atoms with E-state index in [-0.39, 0.29) is 5.41 Å². The van der Waals surface area contributed by atoms with Crippen LogP contribution >= 0.6 is 0 Å². The van der Waals surface area contributed by atoms with Gasteiger partial charge in [-0.15, -0.1) is 0 Å². The van der Waals surface area contributed by atoms with Crippen molar-refractivity contribution in [2.75, 3.05) is 0 Å². The van der Waals surface area contributed by atoms with Crippen molar-refractivity contribution in [1.29, 1.82) is 0 Å². The SMILES string of the molecule is Cc1ccc(-n2c3ccccc3c3ccc4c(c5ccccc5n4-c4ccc(C(C)(C)c5ccc(C)cc5)cc4)c32)cc1. The van der Waals surface area contributed by atoms with Crippen LogP contribution in [0.5, 0.6) is 0 Å². The summed E-state index contributed by atoms with van der Waals surface area (Å²) < 4.78 is 4.89. The maximum atomic E-state index is 2.45. The van der Waals surface area contributed by atoms with Crippen molar-refractivity contribution >= 4 is 43.6 Å². The van der Waals surface area contributed by atoms with E-state index in [2.05, 4.69) is 170 Å². The van der Waals surface area contributed by atoms with Gasteiger partial charge in [-0.1, -0.05) is 116 Å². The highest BCUT2D eigenvalue weighted by Crippen LogP contribution is 2.42. The van der Waals surface area contributed by atoms with Crippen molar-refractivity contribution in [2.45, 2.75) is 33.1 Å². The van der Waals surface area contributed by atoms with E-state index in [1.54, 1.807) is 0 Å². The average Bonchev–Trinajstić information content (AvgIpc) is 3.55. The first-order valence-corrected chi connectivity index (χ1v) is 15.1. The lowest BCUT2D eigenvalue weighted by Crippen LogP contribution is -2.18. The van der Waals surface area contributed by atoms with E-state index in [1.165, 1.54) is 77.2 Å². The normalized spacial score (nSPS) is 12.2. The summed E-state index contributed by atoms with van der Waals surface area (Å²) in [7, 11) is 0. The Balaban J connectivity index is 1.39. The predicted octanol–water partition coefficient (Wildman–Crippen LogP) is 10.8. The van der Waals surface area contributed by atoms with Gasteiger partial charge in [-0.05, 0) is 67.4 Å². The zero-order valence-corrected chi connectivity index (χ0v) is 25.1. The molecular weight excluding hydrogens is 520 g/mol. The quantitative estimate of drug-likeness (QED) is 0.205. The van der Waals surface area contributed by atoms with Gasteiger partial charge in [-0.2, -0.15) is 0 Å². The number of hydrogen-bond acceptors (Lipinski definition) is 0. The van der Waals surface area contributed by atoms with Crippen LogP contribution in [0.1, 0.15) is 36.1 Å². The molecule has 0 amide bonds. The van der Waals surface area contributed by atoms with Crippen LogP contribution < -0.4 is 0 Å². The zero-order valence-electron chi connectivity index (χ0n) is 25.1. The molecule has 0 unspecified atom stereocenters. The summed E-state index contributed by atoms with van der Waals surface area (Å²) in [4.78, 5) is 0. The van der Waals surface area contributed by atoms with E-state index in [0.717, 1.165) is 0 Å². The van der Waals surface area contributed by atoms with E-state index in [9.17, 15) is 0 Å². The second-order valence-corrected chi connectivity index (χ2v) is 12.4. The fourth-order valence-electron chi connectivity index (χ4n) is 6.91. The summed E-state index contributed by atoms with van der Waals surface area (Å²) in [6.45, 7) is 8.92. The summed E-state index contributed by atoms with van der Waals surface area (Å²) in [5, 5.41) is 5.11. The highest BCUT2D eigenvalue weighted by molar-refractivity contribution is 6.26. The molecule has 0 fully saturated rings. The van der Waals surface area contributed by atoms with Crippen LogP contribution in [-0.2, 0) is 5.41 Å². The molecule has 0 aliphatic carbocycles. The van der Waals surface area contributed by atoms with E-state index in [0.29, 0.717) is 0 Å². The van der Waals surface area contributed by atoms with Crippen LogP contribution in [0, 0.1) is 13.8 Å². The van der Waals surface area contributed by atoms with Crippen LogP contribution in [0.25, 0.3) is 55.0 Å². The first kappa shape index (κ1) is 25.6. The molecule has 0 aliphatic rings. The zero-order chi connectivity index (χ0) is 29.3. The Morgan fingerprint density at radius 2 is 0.907 bits per heavy atom. The van der Waals surface area contributed by atoms with E-state index < -0.39 is 0 Å². The number of fused-ring (bicyclic) bond motifs is 7. The Morgan fingerprint density at radius 3 is 1.56 bits per heavy atom. The number of hydrogen-bond donors (Lipinski definition) is 0. The number of rotatable bonds is 4. The standard InChI is InChI=1S/C41H34N2/c1-27-13-17-29(18-14-27)41(3,4)30-19-23-31(24-20-30)42-37-12-8-6-10-35(37)39-38(42)26-25-34-33-9-5-7-11-36(33)43(40(34)39)32-21-15-28(2)16-22-32/h5-26H,1-4H3. The van der Waals surface area contributed by atoms with Crippen LogP contribution in [-0.4, -0.2) is 9.13 Å². The fourth-order valence-corrected chi connectivity index (χ4v) is 6.91. The topological polar surface area (TPSA) is 9.86 Å². The predicted molar refractivity (Wildman–Crippen MR) is 183 cm³/mol. The van der Waals surface area contributed by atoms with Crippen LogP contribution in [0.3, 0.4) is 0 Å². The fraction of sp³-hybridized carbons (Fsp3) is 0.122. The van der Waals surface area contributed by atoms with E-state index in [4.69, 9.17) is 0 Å². The highest BCUT2D eigenvalue weighted by Gasteiger charge is 2.24. The molecule has 0 saturated heterocycles. The Labute approximate surface area is 252 Å². The smallest absolute Gasteiger partial charge is 0.0641 e. The summed E-state index contributed by atoms with van der Waals surface area (Å²) in [5.41, 5.74) is 12.4. The molecule has 0 aliphatic heterocycles. The number of aromatic nitrogens is 2. The number of nitrogens with zero attached hydrogens (tertiary/aromatic N) is 2. The van der Waals surface area contributed by atoms with Crippen molar-refractivity contribution in [3.05, 3.63) is 156 Å². The molecule has 0 bridgehead atoms. The Bertz CT molecular complexity index is 2290. The summed E-state index contributed by atoms with van der Waals surface area (Å²) in [6.07, 6.45) is 0. The molecule has 0 radical (unpaired) electrons. The molecule has 8 aromatic rings. The molecule has 0 spiro atoms. The average molecular weight is 555 g/mol. The lowest BCUT2D eigenvalue weighted by Gasteiger charge is -2.26. The maximum Gasteiger partial charge on any atom is 0.0641 e. The highest BCUT2D eigenvalue weighted by atomic mass is 15.0. The maximum absolute atomic E-state index is 2.45. The lowest BCUT2D eigenvalue weighted by atomic mass is 9.78. The van der Waals surface area contributed by atoms with Gasteiger partial charge in [0.15, 0.2) is 0 Å². The molecule has 6 aromatic carbocycles. The number of aryl methyl sites for hydroxylation is 2. The molecule has 0 atom stereocenters. The first-order chi connectivity index (χ1) is 20.9. The second kappa shape index (κ2) is 9.47. The molecule has 2 nitrogen and oxygen atoms in total. The molecule has 2 aromatic heterocycles. The van der Waals surface area contributed by atoms with Crippen LogP contribution in [0.4, 0.5) is 0 Å². The molecule has 2 heterocycles. The third-order valence-electron chi connectivity index (χ3n) is 9.38. The van der Waals surface area contributed by atoms with Crippen molar-refractivity contribution in [3.8, 4) is 11.4 Å². The van der Waals surface area contributed by atoms with Crippen molar-refractivity contribution in [2.24, 2.45) is 0 Å². The summed E-state index contributed by atoms with van der Waals surface area (Å²) >= 11 is 0. The van der Waals surface area contributed by atoms with Crippen molar-refractivity contribution in [1.82, 2.24) is 9.13 Å². The van der Waals surface area contributed by atoms with Gasteiger partial charge in [0.2, 0.25) is 0 Å². The van der Waals surface area contributed by atoms with Gasteiger partial charge in [0.25, 0.3) is 0 Å². The van der Waals surface area contributed by atoms with Crippen molar-refractivity contribution in [3.63, 3.8) is 0 Å². The molecule has 43 heavy (non-hydrogen) atoms. The van der Waals surface area contributed by atoms with Crippen molar-refractivity contribution < 1.29 is 0 Å². The van der Waals surface area contributed by atoms with Gasteiger partial charge < -0.3 is 9.13 Å². The third kappa shape index (κ3) is 3.87. The molecule has 208 valence electrons. The summed E-state index contributed by atoms with van der Waals surface area (Å²) in [5.74, 6) is 0. The minimum atomic E-state index is -0.0891. The Hall–Kier alpha value is -5.08. The van der Waals surface area contributed by atoms with Gasteiger partial charge in [0.1, 0.15) is 0 Å². The first-order valence-electron chi connectivity index (χ1n) is 15.1. The Kier molecular flexibility index (Phi) is 5.64. The minimum Gasteiger partial charge on any atom is -0.309 e. The molecule has 0 N–H and O–H groups in total. The Morgan fingerprint density at radius 1 is 0.419 bits per heavy atom. The van der Waals surface area contributed by atoms with Crippen LogP contribution in [0.15, 0.2) is 133 Å². The third-order valence-corrected chi connectivity index (χ3v) is 9.38. The van der Waals surface area contributed by atoms with Gasteiger partial charge >= 0.3 is 0 Å². The van der Waals surface area contributed by atoms with E-state index in [1.807, 2.05) is 0 Å². The molecule has 2 heteroatoms. The number of benzene rings is 6. The summed E-state index contributed by atoms with van der Waals surface area (Å²) in [6, 6.07) is 49.3. The van der Waals surface area contributed by atoms with Gasteiger partial charge in [-0.25, -0.2) is 0 Å². The van der Waals surface area contributed by atoms with Gasteiger partial charge in [-0.3, -0.25) is 0 Å². The number of para-hydroxylation sites is 2. The lowest BCUT2D eigenvalue weighted by molar-refractivity contribution is 0.640. The van der Waals surface area contributed by atoms with Crippen LogP contribution in [0.2, 0.25) is 0 Å². The molecule has 0 saturated carbocycles. The van der Waals surface area contributed by atoms with Gasteiger partial charge in [0, 0.05) is 38.3 Å². The molecule has 8 rings (SSSR count). The van der Waals surface area contributed by atoms with E-state index >= 15 is 0 Å². The second-order valence-electron chi connectivity index (χ2n) is 12.4. The monoisotopic (exact) mass is 554 g/mol. The van der Waals surface area contributed by atoms with Gasteiger partial charge in [0.05, 0.1) is 22.1 Å². The largest absolute Gasteiger partial charge is 0.309 e.